The second kappa shape index (κ2) is 58.7. The van der Waals surface area contributed by atoms with E-state index in [1.165, 1.54) is 263 Å². The summed E-state index contributed by atoms with van der Waals surface area (Å²) in [6.07, 6.45) is 65.3. The molecule has 0 fully saturated rings. The molecule has 0 aromatic heterocycles. The Morgan fingerprint density at radius 1 is 0.292 bits per heavy atom. The van der Waals surface area contributed by atoms with Crippen molar-refractivity contribution in [1.82, 2.24) is 0 Å². The number of rotatable bonds is 60. The van der Waals surface area contributed by atoms with E-state index in [1.54, 1.807) is 0 Å². The maximum atomic E-state index is 12.9. The van der Waals surface area contributed by atoms with Crippen molar-refractivity contribution < 1.29 is 28.6 Å². The predicted molar refractivity (Wildman–Crippen MR) is 312 cm³/mol. The third-order valence-corrected chi connectivity index (χ3v) is 15.6. The summed E-state index contributed by atoms with van der Waals surface area (Å²) in [6, 6.07) is 0. The summed E-state index contributed by atoms with van der Waals surface area (Å²) in [4.78, 5) is 38.3. The quantitative estimate of drug-likeness (QED) is 0.0343. The number of esters is 3. The van der Waals surface area contributed by atoms with Crippen LogP contribution in [0.5, 0.6) is 0 Å². The molecule has 0 aromatic rings. The molecule has 0 N–H and O–H groups in total. The molecule has 0 bridgehead atoms. The minimum absolute atomic E-state index is 0.0616. The number of hydrogen-bond acceptors (Lipinski definition) is 6. The van der Waals surface area contributed by atoms with Crippen molar-refractivity contribution in [3.05, 3.63) is 0 Å². The lowest BCUT2D eigenvalue weighted by atomic mass is 9.99. The number of carbonyl (C=O) groups is 3. The Kier molecular flexibility index (Phi) is 57.4. The molecule has 0 saturated carbocycles. The molecule has 72 heavy (non-hydrogen) atoms. The van der Waals surface area contributed by atoms with Crippen molar-refractivity contribution in [2.75, 3.05) is 13.2 Å². The van der Waals surface area contributed by atoms with Crippen molar-refractivity contribution in [2.24, 2.45) is 11.8 Å². The van der Waals surface area contributed by atoms with Crippen LogP contribution in [0.1, 0.15) is 375 Å². The van der Waals surface area contributed by atoms with Crippen LogP contribution in [0.25, 0.3) is 0 Å². The molecule has 2 atom stereocenters. The molecule has 0 saturated heterocycles. The van der Waals surface area contributed by atoms with Gasteiger partial charge in [-0.25, -0.2) is 0 Å². The van der Waals surface area contributed by atoms with Crippen LogP contribution in [0.15, 0.2) is 0 Å². The van der Waals surface area contributed by atoms with Crippen LogP contribution in [0, 0.1) is 11.8 Å². The van der Waals surface area contributed by atoms with Gasteiger partial charge in [0.15, 0.2) is 6.10 Å². The molecule has 0 aromatic carbocycles. The smallest absolute Gasteiger partial charge is 0.306 e. The highest BCUT2D eigenvalue weighted by atomic mass is 16.6. The molecule has 0 spiro atoms. The van der Waals surface area contributed by atoms with Gasteiger partial charge in [0.25, 0.3) is 0 Å². The van der Waals surface area contributed by atoms with E-state index < -0.39 is 6.10 Å². The van der Waals surface area contributed by atoms with Crippen LogP contribution in [0.2, 0.25) is 0 Å². The van der Waals surface area contributed by atoms with Gasteiger partial charge in [0.1, 0.15) is 13.2 Å². The fourth-order valence-corrected chi connectivity index (χ4v) is 10.3. The second-order valence-corrected chi connectivity index (χ2v) is 23.5. The first-order valence-electron chi connectivity index (χ1n) is 32.8. The summed E-state index contributed by atoms with van der Waals surface area (Å²) in [5, 5.41) is 0. The Morgan fingerprint density at radius 2 is 0.528 bits per heavy atom. The van der Waals surface area contributed by atoms with Gasteiger partial charge in [0.2, 0.25) is 0 Å². The average molecular weight is 1020 g/mol. The fourth-order valence-electron chi connectivity index (χ4n) is 10.3. The molecule has 428 valence electrons. The Morgan fingerprint density at radius 3 is 0.792 bits per heavy atom. The van der Waals surface area contributed by atoms with Crippen molar-refractivity contribution in [3.63, 3.8) is 0 Å². The van der Waals surface area contributed by atoms with Crippen molar-refractivity contribution in [3.8, 4) is 0 Å². The highest BCUT2D eigenvalue weighted by molar-refractivity contribution is 5.71. The zero-order valence-corrected chi connectivity index (χ0v) is 49.6. The Bertz CT molecular complexity index is 1110. The summed E-state index contributed by atoms with van der Waals surface area (Å²) in [6.45, 7) is 11.5. The molecular formula is C66H128O6. The predicted octanol–water partition coefficient (Wildman–Crippen LogP) is 22.0. The molecule has 1 unspecified atom stereocenters. The number of carbonyl (C=O) groups excluding carboxylic acids is 3. The van der Waals surface area contributed by atoms with E-state index in [0.29, 0.717) is 19.3 Å². The highest BCUT2D eigenvalue weighted by Gasteiger charge is 2.19. The molecule has 0 radical (unpaired) electrons. The number of hydrogen-bond donors (Lipinski definition) is 0. The molecule has 0 rings (SSSR count). The van der Waals surface area contributed by atoms with Crippen molar-refractivity contribution in [2.45, 2.75) is 381 Å². The van der Waals surface area contributed by atoms with Gasteiger partial charge < -0.3 is 14.2 Å². The Hall–Kier alpha value is -1.59. The van der Waals surface area contributed by atoms with Gasteiger partial charge in [-0.3, -0.25) is 14.4 Å². The number of unbranched alkanes of at least 4 members (excludes halogenated alkanes) is 44. The minimum atomic E-state index is -0.764. The maximum Gasteiger partial charge on any atom is 0.306 e. The van der Waals surface area contributed by atoms with E-state index in [1.807, 2.05) is 0 Å². The van der Waals surface area contributed by atoms with E-state index >= 15 is 0 Å². The van der Waals surface area contributed by atoms with Crippen LogP contribution in [-0.2, 0) is 28.6 Å². The van der Waals surface area contributed by atoms with E-state index in [-0.39, 0.29) is 31.1 Å². The van der Waals surface area contributed by atoms with E-state index in [9.17, 15) is 14.4 Å². The van der Waals surface area contributed by atoms with Gasteiger partial charge in [-0.1, -0.05) is 336 Å². The summed E-state index contributed by atoms with van der Waals surface area (Å²) in [7, 11) is 0. The van der Waals surface area contributed by atoms with E-state index in [0.717, 1.165) is 69.6 Å². The average Bonchev–Trinajstić information content (AvgIpc) is 3.37. The Balaban J connectivity index is 4.28. The monoisotopic (exact) mass is 1020 g/mol. The molecule has 6 nitrogen and oxygen atoms in total. The molecule has 0 amide bonds. The molecule has 0 aliphatic heterocycles. The standard InChI is InChI=1S/C66H128O6/c1-6-8-9-10-11-12-13-14-19-26-31-36-41-46-51-56-64(67)70-59-63(60-71-65(68)57-52-47-42-37-32-27-23-22-25-30-35-40-45-50-55-62(5)7-2)72-66(69)58-53-48-43-38-33-28-21-18-16-15-17-20-24-29-34-39-44-49-54-61(3)4/h61-63H,6-60H2,1-5H3/t62?,63-/m0/s1. The van der Waals surface area contributed by atoms with Crippen LogP contribution < -0.4 is 0 Å². The summed E-state index contributed by atoms with van der Waals surface area (Å²) >= 11 is 0. The molecule has 6 heteroatoms. The van der Waals surface area contributed by atoms with Gasteiger partial charge >= 0.3 is 17.9 Å². The topological polar surface area (TPSA) is 78.9 Å². The molecule has 0 heterocycles. The number of ether oxygens (including phenoxy) is 3. The maximum absolute atomic E-state index is 12.9. The van der Waals surface area contributed by atoms with Gasteiger partial charge in [-0.15, -0.1) is 0 Å². The van der Waals surface area contributed by atoms with Crippen LogP contribution in [0.4, 0.5) is 0 Å². The van der Waals surface area contributed by atoms with Crippen molar-refractivity contribution >= 4 is 17.9 Å². The highest BCUT2D eigenvalue weighted by Crippen LogP contribution is 2.19. The Labute approximate surface area is 450 Å². The van der Waals surface area contributed by atoms with E-state index in [2.05, 4.69) is 34.6 Å². The minimum Gasteiger partial charge on any atom is -0.462 e. The lowest BCUT2D eigenvalue weighted by Crippen LogP contribution is -2.30. The first-order valence-corrected chi connectivity index (χ1v) is 32.8. The second-order valence-electron chi connectivity index (χ2n) is 23.5. The molecular weight excluding hydrogens is 889 g/mol. The normalized spacial score (nSPS) is 12.4. The first-order chi connectivity index (χ1) is 35.3. The summed E-state index contributed by atoms with van der Waals surface area (Å²) < 4.78 is 17.0. The lowest BCUT2D eigenvalue weighted by Gasteiger charge is -2.18. The van der Waals surface area contributed by atoms with Gasteiger partial charge in [-0.2, -0.15) is 0 Å². The molecule has 0 aliphatic rings. The zero-order valence-electron chi connectivity index (χ0n) is 49.6. The van der Waals surface area contributed by atoms with Gasteiger partial charge in [0, 0.05) is 19.3 Å². The van der Waals surface area contributed by atoms with Gasteiger partial charge in [0.05, 0.1) is 0 Å². The lowest BCUT2D eigenvalue weighted by molar-refractivity contribution is -0.167. The third kappa shape index (κ3) is 57.7. The van der Waals surface area contributed by atoms with Crippen LogP contribution >= 0.6 is 0 Å². The summed E-state index contributed by atoms with van der Waals surface area (Å²) in [5.41, 5.74) is 0. The zero-order chi connectivity index (χ0) is 52.5. The molecule has 0 aliphatic carbocycles. The van der Waals surface area contributed by atoms with Gasteiger partial charge in [-0.05, 0) is 31.1 Å². The van der Waals surface area contributed by atoms with Crippen LogP contribution in [-0.4, -0.2) is 37.2 Å². The van der Waals surface area contributed by atoms with Crippen molar-refractivity contribution in [1.29, 1.82) is 0 Å². The third-order valence-electron chi connectivity index (χ3n) is 15.6. The summed E-state index contributed by atoms with van der Waals surface area (Å²) in [5.74, 6) is 0.925. The first kappa shape index (κ1) is 70.4. The van der Waals surface area contributed by atoms with E-state index in [4.69, 9.17) is 14.2 Å². The largest absolute Gasteiger partial charge is 0.462 e. The van der Waals surface area contributed by atoms with Crippen LogP contribution in [0.3, 0.4) is 0 Å². The fraction of sp³-hybridized carbons (Fsp3) is 0.955. The SMILES string of the molecule is CCCCCCCCCCCCCCCCCC(=O)OC[C@@H](COC(=O)CCCCCCCCCCCCCCCCC(C)CC)OC(=O)CCCCCCCCCCCCCCCCCCCCC(C)C.